The van der Waals surface area contributed by atoms with Crippen LogP contribution in [0, 0.1) is 5.92 Å². The third-order valence-electron chi connectivity index (χ3n) is 5.16. The Morgan fingerprint density at radius 1 is 1.19 bits per heavy atom. The summed E-state index contributed by atoms with van der Waals surface area (Å²) in [5, 5.41) is 5.18. The van der Waals surface area contributed by atoms with E-state index in [4.69, 9.17) is 4.98 Å². The molecule has 6 heteroatoms. The minimum Gasteiger partial charge on any atom is -0.306 e. The molecule has 0 atom stereocenters. The van der Waals surface area contributed by atoms with Gasteiger partial charge in [0.1, 0.15) is 5.78 Å². The van der Waals surface area contributed by atoms with Gasteiger partial charge in [0.05, 0.1) is 17.4 Å². The Balaban J connectivity index is 1.55. The van der Waals surface area contributed by atoms with Crippen molar-refractivity contribution in [1.29, 1.82) is 0 Å². The van der Waals surface area contributed by atoms with Crippen molar-refractivity contribution in [3.8, 4) is 11.3 Å². The molecule has 0 aliphatic carbocycles. The number of nitrogens with zero attached hydrogens (tertiary/aromatic N) is 5. The normalized spacial score (nSPS) is 16.2. The maximum absolute atomic E-state index is 12.6. The van der Waals surface area contributed by atoms with Gasteiger partial charge < -0.3 is 4.90 Å². The number of carbonyl (C=O) groups is 1. The van der Waals surface area contributed by atoms with Crippen LogP contribution in [0.3, 0.4) is 0 Å². The predicted molar refractivity (Wildman–Crippen MR) is 101 cm³/mol. The minimum absolute atomic E-state index is 0.165. The van der Waals surface area contributed by atoms with Gasteiger partial charge in [0.25, 0.3) is 0 Å². The molecule has 0 amide bonds. The van der Waals surface area contributed by atoms with Gasteiger partial charge in [-0.1, -0.05) is 0 Å². The average molecular weight is 349 g/mol. The van der Waals surface area contributed by atoms with Crippen LogP contribution < -0.4 is 0 Å². The number of hydrogen-bond donors (Lipinski definition) is 0. The second-order valence-corrected chi connectivity index (χ2v) is 7.19. The second kappa shape index (κ2) is 6.96. The van der Waals surface area contributed by atoms with Crippen molar-refractivity contribution < 1.29 is 4.79 Å². The number of carbonyl (C=O) groups excluding carboxylic acids is 1. The number of aromatic nitrogens is 4. The van der Waals surface area contributed by atoms with Gasteiger partial charge in [-0.2, -0.15) is 5.10 Å². The molecule has 0 aromatic carbocycles. The summed E-state index contributed by atoms with van der Waals surface area (Å²) in [4.78, 5) is 24.1. The van der Waals surface area contributed by atoms with Crippen molar-refractivity contribution >= 4 is 16.7 Å². The molecule has 1 aliphatic heterocycles. The molecule has 0 saturated carbocycles. The van der Waals surface area contributed by atoms with E-state index in [9.17, 15) is 4.79 Å². The largest absolute Gasteiger partial charge is 0.306 e. The molecule has 4 heterocycles. The van der Waals surface area contributed by atoms with Gasteiger partial charge in [-0.15, -0.1) is 0 Å². The van der Waals surface area contributed by atoms with E-state index in [1.807, 2.05) is 37.6 Å². The fraction of sp³-hybridized carbons (Fsp3) is 0.400. The maximum atomic E-state index is 12.6. The third kappa shape index (κ3) is 3.51. The first-order valence-electron chi connectivity index (χ1n) is 9.04. The molecule has 4 rings (SSSR count). The number of hydrogen-bond acceptors (Lipinski definition) is 5. The number of likely N-dealkylation sites (tertiary alicyclic amines) is 1. The lowest BCUT2D eigenvalue weighted by Crippen LogP contribution is -2.34. The lowest BCUT2D eigenvalue weighted by molar-refractivity contribution is -0.123. The minimum atomic E-state index is 0.165. The Hall–Kier alpha value is -2.60. The zero-order valence-corrected chi connectivity index (χ0v) is 15.2. The first-order chi connectivity index (χ1) is 12.6. The summed E-state index contributed by atoms with van der Waals surface area (Å²) in [6.45, 7) is 2.00. The molecule has 6 nitrogen and oxygen atoms in total. The van der Waals surface area contributed by atoms with E-state index in [0.29, 0.717) is 12.2 Å². The van der Waals surface area contributed by atoms with E-state index in [-0.39, 0.29) is 5.92 Å². The highest BCUT2D eigenvalue weighted by Crippen LogP contribution is 2.22. The van der Waals surface area contributed by atoms with Crippen molar-refractivity contribution in [3.63, 3.8) is 0 Å². The lowest BCUT2D eigenvalue weighted by atomic mass is 9.90. The standard InChI is InChI=1S/C20H23N5O/c1-24-7-5-14(6-8-24)20(26)10-17-9-19-15(11-21-17)3-4-18(23-19)16-12-22-25(2)13-16/h3-4,9,11-14H,5-8,10H2,1-2H3. The van der Waals surface area contributed by atoms with Crippen molar-refractivity contribution in [2.24, 2.45) is 13.0 Å². The van der Waals surface area contributed by atoms with Crippen molar-refractivity contribution in [3.05, 3.63) is 42.5 Å². The Kier molecular flexibility index (Phi) is 4.51. The summed E-state index contributed by atoms with van der Waals surface area (Å²) in [6.07, 6.45) is 7.86. The molecule has 1 fully saturated rings. The van der Waals surface area contributed by atoms with Crippen LogP contribution >= 0.6 is 0 Å². The van der Waals surface area contributed by atoms with Gasteiger partial charge in [-0.3, -0.25) is 14.5 Å². The average Bonchev–Trinajstić information content (AvgIpc) is 3.08. The molecule has 26 heavy (non-hydrogen) atoms. The fourth-order valence-corrected chi connectivity index (χ4v) is 3.52. The van der Waals surface area contributed by atoms with E-state index < -0.39 is 0 Å². The fourth-order valence-electron chi connectivity index (χ4n) is 3.52. The molecule has 3 aromatic heterocycles. The van der Waals surface area contributed by atoms with Gasteiger partial charge >= 0.3 is 0 Å². The van der Waals surface area contributed by atoms with Crippen LogP contribution in [0.25, 0.3) is 22.2 Å². The third-order valence-corrected chi connectivity index (χ3v) is 5.16. The molecule has 3 aromatic rings. The molecule has 1 saturated heterocycles. The van der Waals surface area contributed by atoms with E-state index in [2.05, 4.69) is 22.0 Å². The van der Waals surface area contributed by atoms with E-state index in [1.54, 1.807) is 10.9 Å². The lowest BCUT2D eigenvalue weighted by Gasteiger charge is -2.27. The number of fused-ring (bicyclic) bond motifs is 1. The van der Waals surface area contributed by atoms with E-state index in [0.717, 1.165) is 53.8 Å². The zero-order chi connectivity index (χ0) is 18.1. The van der Waals surface area contributed by atoms with Crippen LogP contribution in [0.4, 0.5) is 0 Å². The monoisotopic (exact) mass is 349 g/mol. The highest BCUT2D eigenvalue weighted by atomic mass is 16.1. The van der Waals surface area contributed by atoms with Crippen molar-refractivity contribution in [2.45, 2.75) is 19.3 Å². The Morgan fingerprint density at radius 3 is 2.73 bits per heavy atom. The van der Waals surface area contributed by atoms with Gasteiger partial charge in [0, 0.05) is 48.4 Å². The number of rotatable bonds is 4. The van der Waals surface area contributed by atoms with Crippen LogP contribution in [0.5, 0.6) is 0 Å². The summed E-state index contributed by atoms with van der Waals surface area (Å²) in [6, 6.07) is 5.94. The smallest absolute Gasteiger partial charge is 0.142 e. The summed E-state index contributed by atoms with van der Waals surface area (Å²) in [7, 11) is 4.00. The van der Waals surface area contributed by atoms with Crippen LogP contribution in [0.2, 0.25) is 0 Å². The molecule has 0 bridgehead atoms. The number of Topliss-reactive ketones (excluding diaryl/α,β-unsaturated/α-hetero) is 1. The molecule has 0 spiro atoms. The Morgan fingerprint density at radius 2 is 2.00 bits per heavy atom. The van der Waals surface area contributed by atoms with Gasteiger partial charge in [-0.05, 0) is 51.2 Å². The van der Waals surface area contributed by atoms with E-state index in [1.165, 1.54) is 0 Å². The van der Waals surface area contributed by atoms with Crippen molar-refractivity contribution in [1.82, 2.24) is 24.6 Å². The number of piperidine rings is 1. The summed E-state index contributed by atoms with van der Waals surface area (Å²) in [5.41, 5.74) is 3.53. The number of ketones is 1. The van der Waals surface area contributed by atoms with Gasteiger partial charge in [0.2, 0.25) is 0 Å². The van der Waals surface area contributed by atoms with Crippen LogP contribution in [-0.2, 0) is 18.3 Å². The van der Waals surface area contributed by atoms with Crippen molar-refractivity contribution in [2.75, 3.05) is 20.1 Å². The van der Waals surface area contributed by atoms with Crippen LogP contribution in [-0.4, -0.2) is 50.6 Å². The molecule has 134 valence electrons. The molecular formula is C20H23N5O. The van der Waals surface area contributed by atoms with Crippen LogP contribution in [0.1, 0.15) is 18.5 Å². The van der Waals surface area contributed by atoms with Gasteiger partial charge in [0.15, 0.2) is 0 Å². The quantitative estimate of drug-likeness (QED) is 0.724. The second-order valence-electron chi connectivity index (χ2n) is 7.19. The molecule has 1 aliphatic rings. The zero-order valence-electron chi connectivity index (χ0n) is 15.2. The first kappa shape index (κ1) is 16.8. The van der Waals surface area contributed by atoms with Crippen LogP contribution in [0.15, 0.2) is 36.8 Å². The van der Waals surface area contributed by atoms with Gasteiger partial charge in [-0.25, -0.2) is 4.98 Å². The Bertz CT molecular complexity index is 940. The summed E-state index contributed by atoms with van der Waals surface area (Å²) >= 11 is 0. The highest BCUT2D eigenvalue weighted by Gasteiger charge is 2.23. The highest BCUT2D eigenvalue weighted by molar-refractivity contribution is 5.85. The maximum Gasteiger partial charge on any atom is 0.142 e. The number of aryl methyl sites for hydroxylation is 1. The molecule has 0 radical (unpaired) electrons. The topological polar surface area (TPSA) is 63.9 Å². The SMILES string of the molecule is CN1CCC(C(=O)Cc2cc3nc(-c4cnn(C)c4)ccc3cn2)CC1. The molecule has 0 unspecified atom stereocenters. The summed E-state index contributed by atoms with van der Waals surface area (Å²) < 4.78 is 1.76. The Labute approximate surface area is 152 Å². The predicted octanol–water partition coefficient (Wildman–Crippen LogP) is 2.48. The molecule has 0 N–H and O–H groups in total. The number of pyridine rings is 2. The first-order valence-corrected chi connectivity index (χ1v) is 9.04. The summed E-state index contributed by atoms with van der Waals surface area (Å²) in [5.74, 6) is 0.465. The molecular weight excluding hydrogens is 326 g/mol. The van der Waals surface area contributed by atoms with E-state index >= 15 is 0 Å².